The highest BCUT2D eigenvalue weighted by Gasteiger charge is 2.11. The van der Waals surface area contributed by atoms with Crippen LogP contribution in [0.5, 0.6) is 0 Å². The van der Waals surface area contributed by atoms with Crippen LogP contribution in [0.25, 0.3) is 5.69 Å². The maximum Gasteiger partial charge on any atom is 0.250 e. The number of primary amides is 1. The molecule has 1 aromatic heterocycles. The van der Waals surface area contributed by atoms with Crippen molar-refractivity contribution >= 4 is 5.91 Å². The molecular weight excluding hydrogens is 202 g/mol. The van der Waals surface area contributed by atoms with Gasteiger partial charge in [-0.1, -0.05) is 12.1 Å². The lowest BCUT2D eigenvalue weighted by atomic mass is 10.1. The van der Waals surface area contributed by atoms with E-state index in [4.69, 9.17) is 5.73 Å². The third kappa shape index (κ3) is 1.69. The lowest BCUT2D eigenvalue weighted by molar-refractivity contribution is 0.1000. The number of carbonyl (C=O) groups excluding carboxylic acids is 1. The number of nitrogens with two attached hydrogens (primary N) is 1. The molecule has 0 atom stereocenters. The van der Waals surface area contributed by atoms with Gasteiger partial charge in [0.25, 0.3) is 5.91 Å². The fraction of sp³-hybridized carbons (Fsp3) is 0.167. The van der Waals surface area contributed by atoms with Gasteiger partial charge >= 0.3 is 0 Å². The predicted molar refractivity (Wildman–Crippen MR) is 61.6 cm³/mol. The molecule has 16 heavy (non-hydrogen) atoms. The van der Waals surface area contributed by atoms with E-state index in [1.807, 2.05) is 32.0 Å². The van der Waals surface area contributed by atoms with Gasteiger partial charge in [0, 0.05) is 5.69 Å². The van der Waals surface area contributed by atoms with Crippen LogP contribution in [0, 0.1) is 13.8 Å². The fourth-order valence-corrected chi connectivity index (χ4v) is 1.74. The normalized spacial score (nSPS) is 10.4. The van der Waals surface area contributed by atoms with Gasteiger partial charge in [0.05, 0.1) is 16.9 Å². The molecule has 0 saturated carbocycles. The minimum Gasteiger partial charge on any atom is -0.366 e. The first-order chi connectivity index (χ1) is 7.59. The molecule has 0 aliphatic carbocycles. The molecule has 1 aromatic carbocycles. The van der Waals surface area contributed by atoms with Crippen molar-refractivity contribution in [3.63, 3.8) is 0 Å². The summed E-state index contributed by atoms with van der Waals surface area (Å²) in [4.78, 5) is 11.3. The minimum atomic E-state index is -0.442. The molecule has 0 aliphatic rings. The Morgan fingerprint density at radius 3 is 2.56 bits per heavy atom. The second-order valence-corrected chi connectivity index (χ2v) is 3.72. The number of rotatable bonds is 2. The van der Waals surface area contributed by atoms with Crippen LogP contribution in [0.4, 0.5) is 0 Å². The van der Waals surface area contributed by atoms with Crippen molar-refractivity contribution in [3.05, 3.63) is 47.3 Å². The predicted octanol–water partition coefficient (Wildman–Crippen LogP) is 1.59. The number of nitrogens with zero attached hydrogens (tertiary/aromatic N) is 2. The molecular formula is C12H13N3O. The third-order valence-corrected chi connectivity index (χ3v) is 2.41. The molecule has 0 radical (unpaired) electrons. The van der Waals surface area contributed by atoms with E-state index in [-0.39, 0.29) is 0 Å². The molecule has 0 aliphatic heterocycles. The lowest BCUT2D eigenvalue weighted by Gasteiger charge is -2.08. The van der Waals surface area contributed by atoms with Crippen LogP contribution in [0.2, 0.25) is 0 Å². The highest BCUT2D eigenvalue weighted by Crippen LogP contribution is 2.16. The van der Waals surface area contributed by atoms with Crippen LogP contribution in [0.3, 0.4) is 0 Å². The molecule has 2 rings (SSSR count). The monoisotopic (exact) mass is 215 g/mol. The number of amides is 1. The van der Waals surface area contributed by atoms with Gasteiger partial charge < -0.3 is 5.73 Å². The molecule has 1 heterocycles. The van der Waals surface area contributed by atoms with Crippen molar-refractivity contribution in [3.8, 4) is 5.69 Å². The number of aromatic nitrogens is 2. The summed E-state index contributed by atoms with van der Waals surface area (Å²) in [5, 5.41) is 4.33. The molecule has 0 saturated heterocycles. The van der Waals surface area contributed by atoms with Crippen LogP contribution in [-0.2, 0) is 0 Å². The summed E-state index contributed by atoms with van der Waals surface area (Å²) in [6.07, 6.45) is 0. The van der Waals surface area contributed by atoms with Gasteiger partial charge in [0.15, 0.2) is 0 Å². The van der Waals surface area contributed by atoms with E-state index in [1.54, 1.807) is 16.8 Å². The second-order valence-electron chi connectivity index (χ2n) is 3.72. The Hall–Kier alpha value is -2.10. The molecule has 4 heteroatoms. The summed E-state index contributed by atoms with van der Waals surface area (Å²) in [5.74, 6) is -0.442. The standard InChI is InChI=1S/C12H13N3O/c1-8-7-9(2)15(14-8)11-6-4-3-5-10(11)12(13)16/h3-7H,1-2H3,(H2,13,16). The number of hydrogen-bond donors (Lipinski definition) is 1. The Bertz CT molecular complexity index is 543. The molecule has 4 nitrogen and oxygen atoms in total. The molecule has 1 amide bonds. The Labute approximate surface area is 93.7 Å². The maximum atomic E-state index is 11.3. The average molecular weight is 215 g/mol. The van der Waals surface area contributed by atoms with E-state index in [2.05, 4.69) is 5.10 Å². The molecule has 82 valence electrons. The number of aryl methyl sites for hydroxylation is 2. The second kappa shape index (κ2) is 3.81. The van der Waals surface area contributed by atoms with Crippen molar-refractivity contribution in [1.82, 2.24) is 9.78 Å². The number of hydrogen-bond acceptors (Lipinski definition) is 2. The number of para-hydroxylation sites is 1. The first kappa shape index (κ1) is 10.4. The zero-order valence-electron chi connectivity index (χ0n) is 9.27. The van der Waals surface area contributed by atoms with Crippen molar-refractivity contribution in [2.75, 3.05) is 0 Å². The first-order valence-corrected chi connectivity index (χ1v) is 5.02. The van der Waals surface area contributed by atoms with Gasteiger partial charge in [0.1, 0.15) is 0 Å². The first-order valence-electron chi connectivity index (χ1n) is 5.02. The maximum absolute atomic E-state index is 11.3. The van der Waals surface area contributed by atoms with E-state index in [1.165, 1.54) is 0 Å². The van der Waals surface area contributed by atoms with Crippen molar-refractivity contribution in [1.29, 1.82) is 0 Å². The van der Waals surface area contributed by atoms with Crippen LogP contribution in [-0.4, -0.2) is 15.7 Å². The van der Waals surface area contributed by atoms with E-state index >= 15 is 0 Å². The Balaban J connectivity index is 2.64. The van der Waals surface area contributed by atoms with Crippen LogP contribution >= 0.6 is 0 Å². The van der Waals surface area contributed by atoms with E-state index in [0.717, 1.165) is 17.1 Å². The fourth-order valence-electron chi connectivity index (χ4n) is 1.74. The van der Waals surface area contributed by atoms with Crippen molar-refractivity contribution in [2.24, 2.45) is 5.73 Å². The summed E-state index contributed by atoms with van der Waals surface area (Å²) >= 11 is 0. The Morgan fingerprint density at radius 2 is 2.00 bits per heavy atom. The summed E-state index contributed by atoms with van der Waals surface area (Å²) in [6, 6.07) is 9.14. The third-order valence-electron chi connectivity index (χ3n) is 2.41. The Kier molecular flexibility index (Phi) is 2.48. The van der Waals surface area contributed by atoms with Gasteiger partial charge in [-0.25, -0.2) is 4.68 Å². The summed E-state index contributed by atoms with van der Waals surface area (Å²) in [6.45, 7) is 3.86. The largest absolute Gasteiger partial charge is 0.366 e. The molecule has 0 fully saturated rings. The number of benzene rings is 1. The highest BCUT2D eigenvalue weighted by atomic mass is 16.1. The quantitative estimate of drug-likeness (QED) is 0.826. The molecule has 0 bridgehead atoms. The zero-order valence-corrected chi connectivity index (χ0v) is 9.27. The summed E-state index contributed by atoms with van der Waals surface area (Å²) < 4.78 is 1.73. The van der Waals surface area contributed by atoms with E-state index in [9.17, 15) is 4.79 Å². The average Bonchev–Trinajstić information content (AvgIpc) is 2.57. The van der Waals surface area contributed by atoms with Crippen molar-refractivity contribution in [2.45, 2.75) is 13.8 Å². The van der Waals surface area contributed by atoms with E-state index < -0.39 is 5.91 Å². The zero-order chi connectivity index (χ0) is 11.7. The topological polar surface area (TPSA) is 60.9 Å². The van der Waals surface area contributed by atoms with Gasteiger partial charge in [-0.3, -0.25) is 4.79 Å². The van der Waals surface area contributed by atoms with Gasteiger partial charge in [-0.05, 0) is 32.0 Å². The smallest absolute Gasteiger partial charge is 0.250 e. The van der Waals surface area contributed by atoms with Crippen LogP contribution in [0.15, 0.2) is 30.3 Å². The molecule has 0 spiro atoms. The molecule has 2 N–H and O–H groups in total. The Morgan fingerprint density at radius 1 is 1.31 bits per heavy atom. The minimum absolute atomic E-state index is 0.442. The number of carbonyl (C=O) groups is 1. The van der Waals surface area contributed by atoms with Gasteiger partial charge in [0.2, 0.25) is 0 Å². The van der Waals surface area contributed by atoms with E-state index in [0.29, 0.717) is 5.56 Å². The SMILES string of the molecule is Cc1cc(C)n(-c2ccccc2C(N)=O)n1. The lowest BCUT2D eigenvalue weighted by Crippen LogP contribution is -2.15. The summed E-state index contributed by atoms with van der Waals surface area (Å²) in [5.41, 5.74) is 8.42. The van der Waals surface area contributed by atoms with Crippen LogP contribution < -0.4 is 5.73 Å². The summed E-state index contributed by atoms with van der Waals surface area (Å²) in [7, 11) is 0. The highest BCUT2D eigenvalue weighted by molar-refractivity contribution is 5.96. The molecule has 2 aromatic rings. The molecule has 0 unspecified atom stereocenters. The van der Waals surface area contributed by atoms with Gasteiger partial charge in [-0.2, -0.15) is 5.10 Å². The van der Waals surface area contributed by atoms with Crippen molar-refractivity contribution < 1.29 is 4.79 Å². The van der Waals surface area contributed by atoms with Gasteiger partial charge in [-0.15, -0.1) is 0 Å². The van der Waals surface area contributed by atoms with Crippen LogP contribution in [0.1, 0.15) is 21.7 Å².